The topological polar surface area (TPSA) is 50.4 Å². The number of para-hydroxylation sites is 1. The van der Waals surface area contributed by atoms with E-state index in [9.17, 15) is 4.79 Å². The minimum Gasteiger partial charge on any atom is -0.491 e. The summed E-state index contributed by atoms with van der Waals surface area (Å²) in [6, 6.07) is 15.0. The first-order chi connectivity index (χ1) is 10.7. The number of benzene rings is 2. The Hall–Kier alpha value is -2.20. The molecule has 0 aromatic heterocycles. The first-order valence-electron chi connectivity index (χ1n) is 7.10. The van der Waals surface area contributed by atoms with Crippen LogP contribution in [0.2, 0.25) is 5.02 Å². The summed E-state index contributed by atoms with van der Waals surface area (Å²) in [7, 11) is 0. The Balaban J connectivity index is 1.66. The second-order valence-electron chi connectivity index (χ2n) is 4.81. The molecule has 0 saturated carbocycles. The lowest BCUT2D eigenvalue weighted by Crippen LogP contribution is -2.37. The van der Waals surface area contributed by atoms with Crippen molar-refractivity contribution in [3.05, 3.63) is 64.7 Å². The summed E-state index contributed by atoms with van der Waals surface area (Å²) in [4.78, 5) is 11.7. The van der Waals surface area contributed by atoms with Crippen LogP contribution in [0.4, 0.5) is 4.79 Å². The SMILES string of the molecule is Cc1ccccc1OCCNC(=O)NCc1ccccc1Cl. The van der Waals surface area contributed by atoms with Gasteiger partial charge in [-0.15, -0.1) is 0 Å². The maximum atomic E-state index is 11.7. The molecule has 2 N–H and O–H groups in total. The van der Waals surface area contributed by atoms with Crippen LogP contribution < -0.4 is 15.4 Å². The van der Waals surface area contributed by atoms with Gasteiger partial charge in [-0.3, -0.25) is 0 Å². The summed E-state index contributed by atoms with van der Waals surface area (Å²) in [5, 5.41) is 6.15. The fourth-order valence-electron chi connectivity index (χ4n) is 1.92. The van der Waals surface area contributed by atoms with Gasteiger partial charge in [-0.25, -0.2) is 4.79 Å². The Labute approximate surface area is 135 Å². The number of carbonyl (C=O) groups is 1. The molecular weight excluding hydrogens is 300 g/mol. The number of halogens is 1. The van der Waals surface area contributed by atoms with Crippen molar-refractivity contribution in [1.29, 1.82) is 0 Å². The number of hydrogen-bond donors (Lipinski definition) is 2. The summed E-state index contributed by atoms with van der Waals surface area (Å²) >= 11 is 6.03. The fourth-order valence-corrected chi connectivity index (χ4v) is 2.13. The number of amides is 2. The van der Waals surface area contributed by atoms with Crippen molar-refractivity contribution >= 4 is 17.6 Å². The van der Waals surface area contributed by atoms with Gasteiger partial charge in [0.05, 0.1) is 6.54 Å². The molecule has 0 aliphatic rings. The zero-order valence-electron chi connectivity index (χ0n) is 12.4. The van der Waals surface area contributed by atoms with Gasteiger partial charge >= 0.3 is 6.03 Å². The molecule has 0 aliphatic heterocycles. The van der Waals surface area contributed by atoms with E-state index in [2.05, 4.69) is 10.6 Å². The third-order valence-electron chi connectivity index (χ3n) is 3.14. The molecule has 22 heavy (non-hydrogen) atoms. The van der Waals surface area contributed by atoms with Gasteiger partial charge in [-0.05, 0) is 30.2 Å². The van der Waals surface area contributed by atoms with E-state index in [1.54, 1.807) is 6.07 Å². The Kier molecular flexibility index (Phi) is 6.10. The van der Waals surface area contributed by atoms with Crippen LogP contribution >= 0.6 is 11.6 Å². The van der Waals surface area contributed by atoms with Crippen LogP contribution in [0.5, 0.6) is 5.75 Å². The average Bonchev–Trinajstić information content (AvgIpc) is 2.52. The predicted molar refractivity (Wildman–Crippen MR) is 88.4 cm³/mol. The van der Waals surface area contributed by atoms with Crippen molar-refractivity contribution in [3.8, 4) is 5.75 Å². The zero-order chi connectivity index (χ0) is 15.8. The van der Waals surface area contributed by atoms with Gasteiger partial charge in [-0.1, -0.05) is 48.0 Å². The number of urea groups is 1. The second-order valence-corrected chi connectivity index (χ2v) is 5.22. The number of rotatable bonds is 6. The average molecular weight is 319 g/mol. The molecule has 0 heterocycles. The van der Waals surface area contributed by atoms with Crippen molar-refractivity contribution in [1.82, 2.24) is 10.6 Å². The summed E-state index contributed by atoms with van der Waals surface area (Å²) < 4.78 is 5.61. The van der Waals surface area contributed by atoms with E-state index in [1.165, 1.54) is 0 Å². The van der Waals surface area contributed by atoms with Crippen molar-refractivity contribution < 1.29 is 9.53 Å². The normalized spacial score (nSPS) is 10.1. The van der Waals surface area contributed by atoms with E-state index in [0.29, 0.717) is 24.7 Å². The van der Waals surface area contributed by atoms with Crippen LogP contribution in [0.25, 0.3) is 0 Å². The molecule has 0 spiro atoms. The van der Waals surface area contributed by atoms with E-state index in [-0.39, 0.29) is 6.03 Å². The Bertz CT molecular complexity index is 632. The molecule has 0 atom stereocenters. The number of hydrogen-bond acceptors (Lipinski definition) is 2. The van der Waals surface area contributed by atoms with E-state index < -0.39 is 0 Å². The minimum atomic E-state index is -0.242. The number of ether oxygens (including phenoxy) is 1. The fraction of sp³-hybridized carbons (Fsp3) is 0.235. The van der Waals surface area contributed by atoms with E-state index in [1.807, 2.05) is 49.4 Å². The maximum absolute atomic E-state index is 11.7. The highest BCUT2D eigenvalue weighted by Crippen LogP contribution is 2.15. The van der Waals surface area contributed by atoms with Crippen LogP contribution in [-0.2, 0) is 6.54 Å². The van der Waals surface area contributed by atoms with Crippen LogP contribution in [-0.4, -0.2) is 19.2 Å². The smallest absolute Gasteiger partial charge is 0.315 e. The summed E-state index contributed by atoms with van der Waals surface area (Å²) in [6.07, 6.45) is 0. The van der Waals surface area contributed by atoms with Crippen molar-refractivity contribution in [3.63, 3.8) is 0 Å². The standard InChI is InChI=1S/C17H19ClN2O2/c1-13-6-2-5-9-16(13)22-11-10-19-17(21)20-12-14-7-3-4-8-15(14)18/h2-9H,10-12H2,1H3,(H2,19,20,21). The van der Waals surface area contributed by atoms with Crippen molar-refractivity contribution in [2.75, 3.05) is 13.2 Å². The van der Waals surface area contributed by atoms with Crippen LogP contribution in [0.3, 0.4) is 0 Å². The molecule has 0 unspecified atom stereocenters. The lowest BCUT2D eigenvalue weighted by molar-refractivity contribution is 0.236. The summed E-state index contributed by atoms with van der Waals surface area (Å²) in [5.41, 5.74) is 1.96. The molecule has 5 heteroatoms. The molecule has 116 valence electrons. The van der Waals surface area contributed by atoms with Crippen LogP contribution in [0.1, 0.15) is 11.1 Å². The second kappa shape index (κ2) is 8.29. The highest BCUT2D eigenvalue weighted by molar-refractivity contribution is 6.31. The molecule has 0 aliphatic carbocycles. The molecule has 2 aromatic carbocycles. The van der Waals surface area contributed by atoms with Gasteiger partial charge in [0.2, 0.25) is 0 Å². The molecular formula is C17H19ClN2O2. The Morgan fingerprint density at radius 2 is 1.82 bits per heavy atom. The molecule has 0 saturated heterocycles. The van der Waals surface area contributed by atoms with Gasteiger partial charge < -0.3 is 15.4 Å². The van der Waals surface area contributed by atoms with Crippen LogP contribution in [0.15, 0.2) is 48.5 Å². The van der Waals surface area contributed by atoms with Gasteiger partial charge in [0.1, 0.15) is 12.4 Å². The molecule has 0 radical (unpaired) electrons. The maximum Gasteiger partial charge on any atom is 0.315 e. The van der Waals surface area contributed by atoms with Gasteiger partial charge in [0.15, 0.2) is 0 Å². The van der Waals surface area contributed by atoms with Crippen LogP contribution in [0, 0.1) is 6.92 Å². The van der Waals surface area contributed by atoms with Crippen molar-refractivity contribution in [2.45, 2.75) is 13.5 Å². The van der Waals surface area contributed by atoms with Gasteiger partial charge in [0.25, 0.3) is 0 Å². The molecule has 2 aromatic rings. The monoisotopic (exact) mass is 318 g/mol. The first-order valence-corrected chi connectivity index (χ1v) is 7.48. The third-order valence-corrected chi connectivity index (χ3v) is 3.50. The third kappa shape index (κ3) is 4.97. The molecule has 2 amide bonds. The zero-order valence-corrected chi connectivity index (χ0v) is 13.2. The minimum absolute atomic E-state index is 0.242. The van der Waals surface area contributed by atoms with Gasteiger partial charge in [-0.2, -0.15) is 0 Å². The van der Waals surface area contributed by atoms with E-state index in [0.717, 1.165) is 16.9 Å². The van der Waals surface area contributed by atoms with Crippen molar-refractivity contribution in [2.24, 2.45) is 0 Å². The quantitative estimate of drug-likeness (QED) is 0.801. The molecule has 0 bridgehead atoms. The van der Waals surface area contributed by atoms with Gasteiger partial charge in [0, 0.05) is 11.6 Å². The number of carbonyl (C=O) groups excluding carboxylic acids is 1. The Morgan fingerprint density at radius 3 is 2.59 bits per heavy atom. The summed E-state index contributed by atoms with van der Waals surface area (Å²) in [6.45, 7) is 3.23. The van der Waals surface area contributed by atoms with E-state index in [4.69, 9.17) is 16.3 Å². The molecule has 4 nitrogen and oxygen atoms in total. The number of aryl methyl sites for hydroxylation is 1. The molecule has 2 rings (SSSR count). The van der Waals surface area contributed by atoms with E-state index >= 15 is 0 Å². The largest absolute Gasteiger partial charge is 0.491 e. The summed E-state index contributed by atoms with van der Waals surface area (Å²) in [5.74, 6) is 0.834. The highest BCUT2D eigenvalue weighted by Gasteiger charge is 2.03. The number of nitrogens with one attached hydrogen (secondary N) is 2. The Morgan fingerprint density at radius 1 is 1.09 bits per heavy atom. The first kappa shape index (κ1) is 16.2. The lowest BCUT2D eigenvalue weighted by atomic mass is 10.2. The lowest BCUT2D eigenvalue weighted by Gasteiger charge is -2.11. The highest BCUT2D eigenvalue weighted by atomic mass is 35.5. The predicted octanol–water partition coefficient (Wildman–Crippen LogP) is 3.53. The molecule has 0 fully saturated rings.